The van der Waals surface area contributed by atoms with Gasteiger partial charge in [-0.2, -0.15) is 0 Å². The van der Waals surface area contributed by atoms with Crippen molar-refractivity contribution in [3.63, 3.8) is 0 Å². The standard InChI is InChI=1S/C23H25ClN2O2S/c1-23(2)16-10-7-13-26(19(27)14-15-8-5-4-6-9-15)21(17-11-12-18(24)29-17)20(16)22(28)25(23)3/h4-6,8-9,11-12,21H,7,10,13-14H2,1-3H3. The molecule has 2 amide bonds. The molecule has 1 unspecified atom stereocenters. The molecule has 152 valence electrons. The van der Waals surface area contributed by atoms with Gasteiger partial charge in [0.1, 0.15) is 0 Å². The zero-order chi connectivity index (χ0) is 20.8. The van der Waals surface area contributed by atoms with Crippen LogP contribution >= 0.6 is 22.9 Å². The molecule has 3 heterocycles. The van der Waals surface area contributed by atoms with E-state index in [1.165, 1.54) is 11.3 Å². The zero-order valence-corrected chi connectivity index (χ0v) is 18.5. The Kier molecular flexibility index (Phi) is 5.30. The Balaban J connectivity index is 1.79. The second-order valence-electron chi connectivity index (χ2n) is 8.21. The Morgan fingerprint density at radius 3 is 2.59 bits per heavy atom. The minimum atomic E-state index is -0.377. The second-order valence-corrected chi connectivity index (χ2v) is 9.96. The predicted octanol–water partition coefficient (Wildman–Crippen LogP) is 4.85. The molecule has 0 saturated heterocycles. The number of hydrogen-bond acceptors (Lipinski definition) is 3. The maximum absolute atomic E-state index is 13.4. The number of hydrogen-bond donors (Lipinski definition) is 0. The first-order valence-electron chi connectivity index (χ1n) is 9.91. The van der Waals surface area contributed by atoms with Gasteiger partial charge in [-0.15, -0.1) is 11.3 Å². The first-order chi connectivity index (χ1) is 13.8. The number of likely N-dealkylation sites (N-methyl/N-ethyl adjacent to an activating group) is 1. The predicted molar refractivity (Wildman–Crippen MR) is 117 cm³/mol. The average molecular weight is 429 g/mol. The van der Waals surface area contributed by atoms with Crippen molar-refractivity contribution >= 4 is 34.8 Å². The summed E-state index contributed by atoms with van der Waals surface area (Å²) in [6.45, 7) is 4.81. The van der Waals surface area contributed by atoms with Gasteiger partial charge in [0.25, 0.3) is 5.91 Å². The number of carbonyl (C=O) groups excluding carboxylic acids is 2. The highest BCUT2D eigenvalue weighted by Gasteiger charge is 2.48. The van der Waals surface area contributed by atoms with Gasteiger partial charge in [-0.05, 0) is 50.0 Å². The fraction of sp³-hybridized carbons (Fsp3) is 0.391. The summed E-state index contributed by atoms with van der Waals surface area (Å²) in [4.78, 5) is 31.4. The number of carbonyl (C=O) groups is 2. The lowest BCUT2D eigenvalue weighted by molar-refractivity contribution is -0.133. The van der Waals surface area contributed by atoms with Crippen LogP contribution in [-0.2, 0) is 16.0 Å². The van der Waals surface area contributed by atoms with Gasteiger partial charge in [0, 0.05) is 24.0 Å². The molecule has 4 rings (SSSR count). The van der Waals surface area contributed by atoms with E-state index in [2.05, 4.69) is 13.8 Å². The topological polar surface area (TPSA) is 40.6 Å². The van der Waals surface area contributed by atoms with Crippen LogP contribution in [0.5, 0.6) is 0 Å². The summed E-state index contributed by atoms with van der Waals surface area (Å²) < 4.78 is 0.667. The third kappa shape index (κ3) is 3.51. The number of thiophene rings is 1. The second kappa shape index (κ2) is 7.62. The number of nitrogens with zero attached hydrogens (tertiary/aromatic N) is 2. The van der Waals surface area contributed by atoms with Gasteiger partial charge in [0.2, 0.25) is 5.91 Å². The number of benzene rings is 1. The Hall–Kier alpha value is -2.11. The summed E-state index contributed by atoms with van der Waals surface area (Å²) in [6, 6.07) is 13.2. The molecule has 1 atom stereocenters. The molecular weight excluding hydrogens is 404 g/mol. The summed E-state index contributed by atoms with van der Waals surface area (Å²) in [5, 5.41) is 0. The fourth-order valence-corrected chi connectivity index (χ4v) is 5.63. The first-order valence-corrected chi connectivity index (χ1v) is 11.1. The van der Waals surface area contributed by atoms with Crippen LogP contribution in [0.2, 0.25) is 4.34 Å². The van der Waals surface area contributed by atoms with Gasteiger partial charge in [-0.3, -0.25) is 9.59 Å². The van der Waals surface area contributed by atoms with Crippen molar-refractivity contribution in [2.75, 3.05) is 13.6 Å². The normalized spacial score (nSPS) is 21.4. The van der Waals surface area contributed by atoms with Crippen LogP contribution < -0.4 is 0 Å². The minimum absolute atomic E-state index is 0.0129. The quantitative estimate of drug-likeness (QED) is 0.700. The molecule has 0 spiro atoms. The summed E-state index contributed by atoms with van der Waals surface area (Å²) in [6.07, 6.45) is 2.00. The Morgan fingerprint density at radius 2 is 1.93 bits per heavy atom. The summed E-state index contributed by atoms with van der Waals surface area (Å²) in [5.41, 5.74) is 2.54. The van der Waals surface area contributed by atoms with E-state index in [9.17, 15) is 9.59 Å². The molecule has 0 fully saturated rings. The zero-order valence-electron chi connectivity index (χ0n) is 16.9. The van der Waals surface area contributed by atoms with Crippen LogP contribution in [0.25, 0.3) is 0 Å². The van der Waals surface area contributed by atoms with Crippen molar-refractivity contribution in [1.82, 2.24) is 9.80 Å². The van der Waals surface area contributed by atoms with Gasteiger partial charge in [0.15, 0.2) is 0 Å². The third-order valence-electron chi connectivity index (χ3n) is 6.23. The van der Waals surface area contributed by atoms with Crippen molar-refractivity contribution in [3.8, 4) is 0 Å². The van der Waals surface area contributed by atoms with E-state index in [0.29, 0.717) is 17.3 Å². The molecule has 6 heteroatoms. The molecule has 0 N–H and O–H groups in total. The molecule has 29 heavy (non-hydrogen) atoms. The number of rotatable bonds is 3. The van der Waals surface area contributed by atoms with Gasteiger partial charge >= 0.3 is 0 Å². The lowest BCUT2D eigenvalue weighted by Crippen LogP contribution is -2.42. The molecule has 4 nitrogen and oxygen atoms in total. The average Bonchev–Trinajstić information content (AvgIpc) is 3.09. The fourth-order valence-electron chi connectivity index (χ4n) is 4.44. The summed E-state index contributed by atoms with van der Waals surface area (Å²) >= 11 is 7.70. The molecule has 1 aromatic carbocycles. The van der Waals surface area contributed by atoms with Gasteiger partial charge < -0.3 is 9.80 Å². The lowest BCUT2D eigenvalue weighted by atomic mass is 9.88. The van der Waals surface area contributed by atoms with E-state index >= 15 is 0 Å². The molecule has 0 radical (unpaired) electrons. The number of halogens is 1. The maximum atomic E-state index is 13.4. The van der Waals surface area contributed by atoms with E-state index in [1.807, 2.05) is 59.3 Å². The van der Waals surface area contributed by atoms with Crippen molar-refractivity contribution < 1.29 is 9.59 Å². The van der Waals surface area contributed by atoms with Crippen LogP contribution in [0, 0.1) is 0 Å². The van der Waals surface area contributed by atoms with Crippen LogP contribution in [0.3, 0.4) is 0 Å². The highest BCUT2D eigenvalue weighted by Crippen LogP contribution is 2.47. The monoisotopic (exact) mass is 428 g/mol. The van der Waals surface area contributed by atoms with Crippen LogP contribution in [0.4, 0.5) is 0 Å². The van der Waals surface area contributed by atoms with Crippen LogP contribution in [0.15, 0.2) is 53.6 Å². The Bertz CT molecular complexity index is 980. The van der Waals surface area contributed by atoms with E-state index in [4.69, 9.17) is 11.6 Å². The Labute approximate surface area is 180 Å². The van der Waals surface area contributed by atoms with Gasteiger partial charge in [-0.1, -0.05) is 41.9 Å². The third-order valence-corrected chi connectivity index (χ3v) is 7.51. The van der Waals surface area contributed by atoms with Crippen molar-refractivity contribution in [3.05, 3.63) is 68.4 Å². The molecule has 2 aromatic rings. The molecule has 2 aliphatic heterocycles. The minimum Gasteiger partial charge on any atom is -0.333 e. The van der Waals surface area contributed by atoms with E-state index in [0.717, 1.165) is 34.4 Å². The molecule has 0 aliphatic carbocycles. The molecule has 0 bridgehead atoms. The molecule has 2 aliphatic rings. The first kappa shape index (κ1) is 20.2. The van der Waals surface area contributed by atoms with Gasteiger partial charge in [-0.25, -0.2) is 0 Å². The molecule has 0 saturated carbocycles. The van der Waals surface area contributed by atoms with Crippen LogP contribution in [0.1, 0.15) is 43.2 Å². The van der Waals surface area contributed by atoms with Crippen molar-refractivity contribution in [1.29, 1.82) is 0 Å². The van der Waals surface area contributed by atoms with Crippen LogP contribution in [-0.4, -0.2) is 40.7 Å². The van der Waals surface area contributed by atoms with Gasteiger partial charge in [0.05, 0.1) is 22.3 Å². The maximum Gasteiger partial charge on any atom is 0.252 e. The van der Waals surface area contributed by atoms with Crippen molar-refractivity contribution in [2.45, 2.75) is 44.7 Å². The summed E-state index contributed by atoms with van der Waals surface area (Å²) in [7, 11) is 1.85. The van der Waals surface area contributed by atoms with E-state index < -0.39 is 0 Å². The highest BCUT2D eigenvalue weighted by molar-refractivity contribution is 7.16. The van der Waals surface area contributed by atoms with E-state index in [1.54, 1.807) is 0 Å². The largest absolute Gasteiger partial charge is 0.333 e. The number of amides is 2. The highest BCUT2D eigenvalue weighted by atomic mass is 35.5. The molecule has 1 aromatic heterocycles. The van der Waals surface area contributed by atoms with Crippen molar-refractivity contribution in [2.24, 2.45) is 0 Å². The Morgan fingerprint density at radius 1 is 1.21 bits per heavy atom. The summed E-state index contributed by atoms with van der Waals surface area (Å²) in [5.74, 6) is 0.0542. The lowest BCUT2D eigenvalue weighted by Gasteiger charge is -2.33. The molecular formula is C23H25ClN2O2S. The SMILES string of the molecule is CN1C(=O)C2=C(CCCN(C(=O)Cc3ccccc3)C2c2ccc(Cl)s2)C1(C)C. The smallest absolute Gasteiger partial charge is 0.252 e. The van der Waals surface area contributed by atoms with E-state index in [-0.39, 0.29) is 23.4 Å².